The minimum atomic E-state index is -1.41. The molecule has 0 spiro atoms. The highest BCUT2D eigenvalue weighted by Crippen LogP contribution is 2.23. The summed E-state index contributed by atoms with van der Waals surface area (Å²) in [5.74, 6) is -3.41. The normalized spacial score (nSPS) is 10.4. The first kappa shape index (κ1) is 24.5. The van der Waals surface area contributed by atoms with Crippen molar-refractivity contribution in [2.75, 3.05) is 16.4 Å². The number of amides is 2. The fourth-order valence-corrected chi connectivity index (χ4v) is 4.06. The van der Waals surface area contributed by atoms with E-state index in [1.807, 2.05) is 32.0 Å². The van der Waals surface area contributed by atoms with Crippen LogP contribution in [0, 0.1) is 13.8 Å². The predicted molar refractivity (Wildman–Crippen MR) is 130 cm³/mol. The standard InChI is InChI=1S/C25H22N2O6S/c1-14-8-15(2)10-18(9-14)26-22(28)13-34-19-5-3-4-17(12-19)27-23(29)20-7-6-16(24(30)31)11-21(20)25(32)33/h3-12H,13H2,1-2H3,(H,26,28)(H,27,29)(H,30,31)(H,32,33). The molecule has 0 bridgehead atoms. The zero-order valence-electron chi connectivity index (χ0n) is 18.4. The molecule has 0 fully saturated rings. The largest absolute Gasteiger partial charge is 0.478 e. The van der Waals surface area contributed by atoms with Gasteiger partial charge in [-0.05, 0) is 73.5 Å². The summed E-state index contributed by atoms with van der Waals surface area (Å²) < 4.78 is 0. The van der Waals surface area contributed by atoms with Crippen LogP contribution in [-0.4, -0.2) is 39.7 Å². The van der Waals surface area contributed by atoms with Gasteiger partial charge < -0.3 is 20.8 Å². The monoisotopic (exact) mass is 478 g/mol. The first-order valence-electron chi connectivity index (χ1n) is 10.2. The molecule has 34 heavy (non-hydrogen) atoms. The number of carboxylic acid groups (broad SMARTS) is 2. The molecule has 0 aliphatic heterocycles. The van der Waals surface area contributed by atoms with Crippen molar-refractivity contribution in [3.63, 3.8) is 0 Å². The van der Waals surface area contributed by atoms with Crippen LogP contribution >= 0.6 is 11.8 Å². The molecule has 0 atom stereocenters. The quantitative estimate of drug-likeness (QED) is 0.345. The summed E-state index contributed by atoms with van der Waals surface area (Å²) in [7, 11) is 0. The summed E-state index contributed by atoms with van der Waals surface area (Å²) in [6, 6.07) is 15.9. The Kier molecular flexibility index (Phi) is 7.70. The molecular weight excluding hydrogens is 456 g/mol. The van der Waals surface area contributed by atoms with Gasteiger partial charge in [-0.25, -0.2) is 9.59 Å². The lowest BCUT2D eigenvalue weighted by Gasteiger charge is -2.10. The zero-order valence-corrected chi connectivity index (χ0v) is 19.2. The van der Waals surface area contributed by atoms with Crippen LogP contribution < -0.4 is 10.6 Å². The van der Waals surface area contributed by atoms with Gasteiger partial charge in [0.2, 0.25) is 5.91 Å². The van der Waals surface area contributed by atoms with Crippen LogP contribution in [0.15, 0.2) is 65.6 Å². The van der Waals surface area contributed by atoms with Crippen LogP contribution in [-0.2, 0) is 4.79 Å². The number of thioether (sulfide) groups is 1. The summed E-state index contributed by atoms with van der Waals surface area (Å²) in [5.41, 5.74) is 2.43. The van der Waals surface area contributed by atoms with Crippen LogP contribution in [0.2, 0.25) is 0 Å². The van der Waals surface area contributed by atoms with E-state index in [-0.39, 0.29) is 22.8 Å². The molecule has 3 aromatic carbocycles. The lowest BCUT2D eigenvalue weighted by atomic mass is 10.0. The van der Waals surface area contributed by atoms with Crippen LogP contribution in [0.3, 0.4) is 0 Å². The van der Waals surface area contributed by atoms with Gasteiger partial charge in [-0.1, -0.05) is 12.1 Å². The van der Waals surface area contributed by atoms with E-state index in [1.165, 1.54) is 17.8 Å². The molecule has 0 unspecified atom stereocenters. The SMILES string of the molecule is Cc1cc(C)cc(NC(=O)CSc2cccc(NC(=O)c3ccc(C(=O)O)cc3C(=O)O)c2)c1. The van der Waals surface area contributed by atoms with E-state index in [1.54, 1.807) is 24.3 Å². The number of aromatic carboxylic acids is 2. The zero-order chi connectivity index (χ0) is 24.8. The van der Waals surface area contributed by atoms with Gasteiger partial charge in [0.15, 0.2) is 0 Å². The van der Waals surface area contributed by atoms with Gasteiger partial charge in [0, 0.05) is 16.3 Å². The van der Waals surface area contributed by atoms with Crippen molar-refractivity contribution in [3.05, 3.63) is 88.5 Å². The first-order chi connectivity index (χ1) is 16.1. The molecule has 0 aromatic heterocycles. The molecule has 8 nitrogen and oxygen atoms in total. The summed E-state index contributed by atoms with van der Waals surface area (Å²) in [4.78, 5) is 48.3. The summed E-state index contributed by atoms with van der Waals surface area (Å²) in [5, 5.41) is 23.9. The average Bonchev–Trinajstić information content (AvgIpc) is 2.76. The van der Waals surface area contributed by atoms with Crippen LogP contribution in [0.1, 0.15) is 42.2 Å². The molecule has 0 aliphatic carbocycles. The van der Waals surface area contributed by atoms with Crippen molar-refractivity contribution in [3.8, 4) is 0 Å². The molecule has 0 saturated heterocycles. The molecule has 174 valence electrons. The average molecular weight is 479 g/mol. The van der Waals surface area contributed by atoms with Crippen molar-refractivity contribution in [1.29, 1.82) is 0 Å². The molecule has 0 radical (unpaired) electrons. The van der Waals surface area contributed by atoms with Gasteiger partial charge in [-0.2, -0.15) is 0 Å². The van der Waals surface area contributed by atoms with E-state index in [0.29, 0.717) is 5.69 Å². The molecule has 9 heteroatoms. The third-order valence-corrected chi connectivity index (χ3v) is 5.70. The third kappa shape index (κ3) is 6.46. The van der Waals surface area contributed by atoms with Crippen molar-refractivity contribution in [1.82, 2.24) is 0 Å². The first-order valence-corrected chi connectivity index (χ1v) is 11.1. The lowest BCUT2D eigenvalue weighted by molar-refractivity contribution is -0.113. The highest BCUT2D eigenvalue weighted by Gasteiger charge is 2.19. The highest BCUT2D eigenvalue weighted by molar-refractivity contribution is 8.00. The van der Waals surface area contributed by atoms with Crippen molar-refractivity contribution >= 4 is 46.9 Å². The van der Waals surface area contributed by atoms with Crippen molar-refractivity contribution in [2.24, 2.45) is 0 Å². The fraction of sp³-hybridized carbons (Fsp3) is 0.120. The Morgan fingerprint density at radius 1 is 0.765 bits per heavy atom. The number of aryl methyl sites for hydroxylation is 2. The predicted octanol–water partition coefficient (Wildman–Crippen LogP) is 4.68. The van der Waals surface area contributed by atoms with Crippen LogP contribution in [0.25, 0.3) is 0 Å². The second-order valence-corrected chi connectivity index (χ2v) is 8.61. The minimum absolute atomic E-state index is 0.157. The van der Waals surface area contributed by atoms with E-state index < -0.39 is 23.4 Å². The van der Waals surface area contributed by atoms with Crippen molar-refractivity contribution < 1.29 is 29.4 Å². The fourth-order valence-electron chi connectivity index (χ4n) is 3.31. The molecule has 0 aliphatic rings. The summed E-state index contributed by atoms with van der Waals surface area (Å²) in [6.07, 6.45) is 0. The third-order valence-electron chi connectivity index (χ3n) is 4.71. The van der Waals surface area contributed by atoms with Gasteiger partial charge in [0.25, 0.3) is 5.91 Å². The Hall–Kier alpha value is -4.11. The number of carboxylic acids is 2. The minimum Gasteiger partial charge on any atom is -0.478 e. The molecule has 3 aromatic rings. The maximum Gasteiger partial charge on any atom is 0.336 e. The highest BCUT2D eigenvalue weighted by atomic mass is 32.2. The number of carbonyl (C=O) groups excluding carboxylic acids is 2. The Morgan fingerprint density at radius 2 is 1.47 bits per heavy atom. The molecule has 0 heterocycles. The number of anilines is 2. The number of hydrogen-bond donors (Lipinski definition) is 4. The summed E-state index contributed by atoms with van der Waals surface area (Å²) in [6.45, 7) is 3.91. The number of benzene rings is 3. The Balaban J connectivity index is 1.66. The van der Waals surface area contributed by atoms with Gasteiger partial charge in [0.05, 0.1) is 22.4 Å². The van der Waals surface area contributed by atoms with E-state index in [9.17, 15) is 24.3 Å². The Labute approximate surface area is 200 Å². The molecule has 3 rings (SSSR count). The Bertz CT molecular complexity index is 1270. The van der Waals surface area contributed by atoms with E-state index in [2.05, 4.69) is 10.6 Å². The molecule has 0 saturated carbocycles. The Morgan fingerprint density at radius 3 is 2.12 bits per heavy atom. The van der Waals surface area contributed by atoms with Gasteiger partial charge in [-0.15, -0.1) is 11.8 Å². The topological polar surface area (TPSA) is 133 Å². The van der Waals surface area contributed by atoms with Crippen LogP contribution in [0.5, 0.6) is 0 Å². The van der Waals surface area contributed by atoms with Gasteiger partial charge in [-0.3, -0.25) is 9.59 Å². The van der Waals surface area contributed by atoms with Gasteiger partial charge in [0.1, 0.15) is 0 Å². The molecular formula is C25H22N2O6S. The second-order valence-electron chi connectivity index (χ2n) is 7.57. The second kappa shape index (κ2) is 10.7. The summed E-state index contributed by atoms with van der Waals surface area (Å²) >= 11 is 1.28. The number of carbonyl (C=O) groups is 4. The number of rotatable bonds is 8. The van der Waals surface area contributed by atoms with E-state index in [4.69, 9.17) is 5.11 Å². The van der Waals surface area contributed by atoms with Gasteiger partial charge >= 0.3 is 11.9 Å². The number of nitrogens with one attached hydrogen (secondary N) is 2. The molecule has 2 amide bonds. The maximum absolute atomic E-state index is 12.7. The smallest absolute Gasteiger partial charge is 0.336 e. The van der Waals surface area contributed by atoms with Crippen LogP contribution in [0.4, 0.5) is 11.4 Å². The number of hydrogen-bond acceptors (Lipinski definition) is 5. The van der Waals surface area contributed by atoms with E-state index >= 15 is 0 Å². The molecule has 4 N–H and O–H groups in total. The lowest BCUT2D eigenvalue weighted by Crippen LogP contribution is -2.17. The van der Waals surface area contributed by atoms with E-state index in [0.717, 1.165) is 33.8 Å². The van der Waals surface area contributed by atoms with Crippen molar-refractivity contribution in [2.45, 2.75) is 18.7 Å². The maximum atomic E-state index is 12.7.